The average Bonchev–Trinajstić information content (AvgIpc) is 3.00. The summed E-state index contributed by atoms with van der Waals surface area (Å²) in [4.78, 5) is 25.3. The smallest absolute Gasteiger partial charge is 0.251 e. The number of hydrogen-bond donors (Lipinski definition) is 1. The van der Waals surface area contributed by atoms with Gasteiger partial charge in [-0.1, -0.05) is 12.2 Å². The number of likely N-dealkylation sites (tertiary alicyclic amines) is 1. The van der Waals surface area contributed by atoms with Crippen LogP contribution in [0.15, 0.2) is 54.9 Å². The third-order valence-corrected chi connectivity index (χ3v) is 9.32. The first kappa shape index (κ1) is 32.4. The fraction of sp³-hybridized carbons (Fsp3) is 0.457. The molecule has 1 aromatic heterocycles. The van der Waals surface area contributed by atoms with Crippen molar-refractivity contribution in [3.05, 3.63) is 88.2 Å². The van der Waals surface area contributed by atoms with Gasteiger partial charge >= 0.3 is 0 Å². The minimum absolute atomic E-state index is 0.0101. The van der Waals surface area contributed by atoms with Crippen molar-refractivity contribution in [2.75, 3.05) is 45.7 Å². The van der Waals surface area contributed by atoms with E-state index < -0.39 is 0 Å². The second kappa shape index (κ2) is 14.8. The number of aromatic nitrogens is 1. The first-order valence-electron chi connectivity index (χ1n) is 15.2. The second-order valence-electron chi connectivity index (χ2n) is 12.0. The zero-order chi connectivity index (χ0) is 31.1. The van der Waals surface area contributed by atoms with Crippen molar-refractivity contribution < 1.29 is 9.53 Å². The van der Waals surface area contributed by atoms with Gasteiger partial charge in [0.15, 0.2) is 0 Å². The Balaban J connectivity index is 1.33. The number of anilines is 1. The number of methoxy groups -OCH3 is 1. The summed E-state index contributed by atoms with van der Waals surface area (Å²) in [5, 5.41) is 3.18. The zero-order valence-corrected chi connectivity index (χ0v) is 27.6. The van der Waals surface area contributed by atoms with E-state index in [1.807, 2.05) is 69.5 Å². The Bertz CT molecular complexity index is 1380. The number of piperidine rings is 1. The molecule has 1 fully saturated rings. The van der Waals surface area contributed by atoms with Crippen molar-refractivity contribution >= 4 is 28.8 Å². The number of carbonyl (C=O) groups is 1. The molecule has 1 aliphatic heterocycles. The summed E-state index contributed by atoms with van der Waals surface area (Å²) in [6.45, 7) is 12.0. The van der Waals surface area contributed by atoms with Gasteiger partial charge in [0.25, 0.3) is 5.91 Å². The number of nitrogens with one attached hydrogen (secondary N) is 1. The number of rotatable bonds is 11. The number of nitrogens with zero attached hydrogens (tertiary/aromatic N) is 4. The zero-order valence-electron chi connectivity index (χ0n) is 26.8. The molecule has 0 saturated carbocycles. The van der Waals surface area contributed by atoms with Crippen LogP contribution in [0.4, 0.5) is 5.69 Å². The summed E-state index contributed by atoms with van der Waals surface area (Å²) in [5.41, 5.74) is 7.36. The van der Waals surface area contributed by atoms with Crippen molar-refractivity contribution in [1.82, 2.24) is 20.1 Å². The van der Waals surface area contributed by atoms with Gasteiger partial charge in [-0.25, -0.2) is 0 Å². The van der Waals surface area contributed by atoms with Gasteiger partial charge in [0.1, 0.15) is 10.7 Å². The van der Waals surface area contributed by atoms with Crippen molar-refractivity contribution in [3.63, 3.8) is 0 Å². The second-order valence-corrected chi connectivity index (χ2v) is 12.4. The van der Waals surface area contributed by atoms with E-state index in [0.29, 0.717) is 18.6 Å². The molecule has 230 valence electrons. The molecule has 3 aromatic rings. The van der Waals surface area contributed by atoms with Crippen LogP contribution in [0.2, 0.25) is 0 Å². The average molecular weight is 602 g/mol. The minimum Gasteiger partial charge on any atom is -0.497 e. The number of thiocarbonyl (C=S) groups is 1. The summed E-state index contributed by atoms with van der Waals surface area (Å²) in [7, 11) is 5.59. The van der Waals surface area contributed by atoms with Crippen molar-refractivity contribution in [2.45, 2.75) is 65.6 Å². The molecule has 1 saturated heterocycles. The first-order valence-corrected chi connectivity index (χ1v) is 15.6. The highest BCUT2D eigenvalue weighted by atomic mass is 32.1. The molecule has 0 radical (unpaired) electrons. The Kier molecular flexibility index (Phi) is 11.2. The third kappa shape index (κ3) is 8.12. The molecule has 0 aliphatic carbocycles. The lowest BCUT2D eigenvalue weighted by Gasteiger charge is -2.42. The van der Waals surface area contributed by atoms with Gasteiger partial charge in [0.05, 0.1) is 7.11 Å². The van der Waals surface area contributed by atoms with Crippen LogP contribution in [0.3, 0.4) is 0 Å². The molecule has 1 aliphatic rings. The van der Waals surface area contributed by atoms with Gasteiger partial charge < -0.3 is 24.8 Å². The predicted molar refractivity (Wildman–Crippen MR) is 180 cm³/mol. The van der Waals surface area contributed by atoms with Crippen LogP contribution >= 0.6 is 12.2 Å². The number of aryl methyl sites for hydroxylation is 3. The maximum Gasteiger partial charge on any atom is 0.251 e. The highest BCUT2D eigenvalue weighted by Gasteiger charge is 2.28. The molecular weight excluding hydrogens is 554 g/mol. The molecule has 0 bridgehead atoms. The van der Waals surface area contributed by atoms with Crippen molar-refractivity contribution in [2.24, 2.45) is 0 Å². The summed E-state index contributed by atoms with van der Waals surface area (Å²) in [6, 6.07) is 15.3. The predicted octanol–water partition coefficient (Wildman–Crippen LogP) is 5.93. The van der Waals surface area contributed by atoms with E-state index in [4.69, 9.17) is 17.0 Å². The quantitative estimate of drug-likeness (QED) is 0.273. The highest BCUT2D eigenvalue weighted by Crippen LogP contribution is 2.29. The number of pyridine rings is 1. The SMILES string of the molecule is COc1ccc(N(Cc2cnccc2C)C2CCN([C@H](C)CCNC(=O)c3c(C)cc(C(=S)N(C)C)cc3C)CC2)cc1. The van der Waals surface area contributed by atoms with Gasteiger partial charge in [-0.05, 0) is 112 Å². The van der Waals surface area contributed by atoms with E-state index in [2.05, 4.69) is 52.1 Å². The first-order chi connectivity index (χ1) is 20.6. The fourth-order valence-electron chi connectivity index (χ4n) is 6.06. The van der Waals surface area contributed by atoms with E-state index >= 15 is 0 Å². The molecule has 0 spiro atoms. The lowest BCUT2D eigenvalue weighted by Crippen LogP contribution is -2.48. The van der Waals surface area contributed by atoms with Crippen molar-refractivity contribution in [3.8, 4) is 5.75 Å². The molecule has 7 nitrogen and oxygen atoms in total. The van der Waals surface area contributed by atoms with Gasteiger partial charge in [-0.2, -0.15) is 0 Å². The highest BCUT2D eigenvalue weighted by molar-refractivity contribution is 7.80. The summed E-state index contributed by atoms with van der Waals surface area (Å²) in [6.07, 6.45) is 6.93. The van der Waals surface area contributed by atoms with Crippen LogP contribution in [0, 0.1) is 20.8 Å². The molecule has 2 heterocycles. The number of carbonyl (C=O) groups excluding carboxylic acids is 1. The Morgan fingerprint density at radius 2 is 1.72 bits per heavy atom. The summed E-state index contributed by atoms with van der Waals surface area (Å²) >= 11 is 5.53. The van der Waals surface area contributed by atoms with Gasteiger partial charge in [0.2, 0.25) is 0 Å². The Labute approximate surface area is 263 Å². The van der Waals surface area contributed by atoms with E-state index in [9.17, 15) is 4.79 Å². The maximum atomic E-state index is 13.1. The van der Waals surface area contributed by atoms with E-state index in [-0.39, 0.29) is 5.91 Å². The molecule has 8 heteroatoms. The van der Waals surface area contributed by atoms with E-state index in [1.165, 1.54) is 16.8 Å². The molecular formula is C35H47N5O2S. The fourth-order valence-corrected chi connectivity index (χ4v) is 6.18. The van der Waals surface area contributed by atoms with E-state index in [1.54, 1.807) is 7.11 Å². The standard InChI is InChI=1S/C35H47N5O2S/c1-24-12-16-36-22-29(24)23-40(30-8-10-32(42-7)11-9-30)31-14-18-39(19-15-31)27(4)13-17-37-34(41)33-25(2)20-28(21-26(33)3)35(43)38(5)6/h8-12,16,20-22,27,31H,13-15,17-19,23H2,1-7H3,(H,37,41)/t27-/m1/s1. The normalized spacial score (nSPS) is 14.7. The van der Waals surface area contributed by atoms with E-state index in [0.717, 1.165) is 71.9 Å². The monoisotopic (exact) mass is 601 g/mol. The maximum absolute atomic E-state index is 13.1. The number of ether oxygens (including phenoxy) is 1. The topological polar surface area (TPSA) is 60.9 Å². The summed E-state index contributed by atoms with van der Waals surface area (Å²) < 4.78 is 5.41. The lowest BCUT2D eigenvalue weighted by molar-refractivity contribution is 0.0944. The largest absolute Gasteiger partial charge is 0.497 e. The van der Waals surface area contributed by atoms with Crippen LogP contribution in [-0.4, -0.2) is 78.6 Å². The summed E-state index contributed by atoms with van der Waals surface area (Å²) in [5.74, 6) is 0.858. The van der Waals surface area contributed by atoms with Crippen LogP contribution in [0.5, 0.6) is 5.75 Å². The molecule has 1 amide bonds. The van der Waals surface area contributed by atoms with Crippen LogP contribution < -0.4 is 15.0 Å². The van der Waals surface area contributed by atoms with Gasteiger partial charge in [-0.3, -0.25) is 9.78 Å². The van der Waals surface area contributed by atoms with Gasteiger partial charge in [-0.15, -0.1) is 0 Å². The van der Waals surface area contributed by atoms with Crippen LogP contribution in [0.25, 0.3) is 0 Å². The number of amides is 1. The Morgan fingerprint density at radius 3 is 2.30 bits per heavy atom. The molecule has 43 heavy (non-hydrogen) atoms. The molecule has 1 N–H and O–H groups in total. The number of benzene rings is 2. The number of hydrogen-bond acceptors (Lipinski definition) is 6. The van der Waals surface area contributed by atoms with Gasteiger partial charge in [0, 0.05) is 81.6 Å². The Hall–Kier alpha value is -3.49. The molecule has 0 unspecified atom stereocenters. The molecule has 2 aromatic carbocycles. The van der Waals surface area contributed by atoms with Crippen LogP contribution in [-0.2, 0) is 6.54 Å². The van der Waals surface area contributed by atoms with Crippen molar-refractivity contribution in [1.29, 1.82) is 0 Å². The molecule has 1 atom stereocenters. The third-order valence-electron chi connectivity index (χ3n) is 8.72. The minimum atomic E-state index is -0.0101. The van der Waals surface area contributed by atoms with Crippen LogP contribution in [0.1, 0.15) is 64.4 Å². The lowest BCUT2D eigenvalue weighted by atomic mass is 9.98. The molecule has 4 rings (SSSR count). The Morgan fingerprint density at radius 1 is 1.07 bits per heavy atom.